The molecule has 2 N–H and O–H groups in total. The molecule has 1 saturated carbocycles. The Morgan fingerprint density at radius 1 is 1.11 bits per heavy atom. The number of esters is 1. The van der Waals surface area contributed by atoms with Crippen LogP contribution in [-0.4, -0.2) is 35.5 Å². The van der Waals surface area contributed by atoms with Crippen LogP contribution < -0.4 is 10.6 Å². The van der Waals surface area contributed by atoms with Crippen molar-refractivity contribution in [2.45, 2.75) is 52.0 Å². The van der Waals surface area contributed by atoms with E-state index in [1.54, 1.807) is 13.0 Å². The van der Waals surface area contributed by atoms with E-state index in [2.05, 4.69) is 15.6 Å². The molecule has 1 aliphatic rings. The monoisotopic (exact) mass is 383 g/mol. The first-order valence-electron chi connectivity index (χ1n) is 9.58. The summed E-state index contributed by atoms with van der Waals surface area (Å²) in [6, 6.07) is 7.04. The molecule has 0 saturated heterocycles. The molecular weight excluding hydrogens is 358 g/mol. The van der Waals surface area contributed by atoms with Gasteiger partial charge in [0.2, 0.25) is 0 Å². The number of amides is 3. The number of nitrogens with one attached hydrogen (secondary N) is 2. The Hall–Kier alpha value is -2.96. The average molecular weight is 383 g/mol. The topological polar surface area (TPSA) is 97.4 Å². The van der Waals surface area contributed by atoms with Crippen LogP contribution in [0.3, 0.4) is 0 Å². The van der Waals surface area contributed by atoms with E-state index in [0.717, 1.165) is 42.1 Å². The molecule has 1 heterocycles. The third-order valence-corrected chi connectivity index (χ3v) is 4.91. The number of pyridine rings is 1. The van der Waals surface area contributed by atoms with Gasteiger partial charge in [0.05, 0.1) is 16.8 Å². The molecule has 3 amide bonds. The van der Waals surface area contributed by atoms with Crippen LogP contribution in [0.25, 0.3) is 10.9 Å². The van der Waals surface area contributed by atoms with Crippen molar-refractivity contribution in [3.05, 3.63) is 41.1 Å². The van der Waals surface area contributed by atoms with Crippen molar-refractivity contribution in [1.82, 2.24) is 15.6 Å². The zero-order valence-electron chi connectivity index (χ0n) is 16.2. The number of imide groups is 1. The Morgan fingerprint density at radius 3 is 2.61 bits per heavy atom. The van der Waals surface area contributed by atoms with Crippen molar-refractivity contribution in [3.8, 4) is 0 Å². The van der Waals surface area contributed by atoms with Crippen molar-refractivity contribution in [2.24, 2.45) is 0 Å². The lowest BCUT2D eigenvalue weighted by Crippen LogP contribution is -2.46. The maximum Gasteiger partial charge on any atom is 0.340 e. The highest BCUT2D eigenvalue weighted by Crippen LogP contribution is 2.19. The van der Waals surface area contributed by atoms with Gasteiger partial charge in [-0.05, 0) is 44.9 Å². The molecule has 28 heavy (non-hydrogen) atoms. The van der Waals surface area contributed by atoms with Gasteiger partial charge >= 0.3 is 12.0 Å². The van der Waals surface area contributed by atoms with Crippen LogP contribution in [0.4, 0.5) is 4.79 Å². The van der Waals surface area contributed by atoms with Crippen LogP contribution in [0, 0.1) is 13.8 Å². The molecule has 1 aromatic heterocycles. The van der Waals surface area contributed by atoms with Gasteiger partial charge in [0.15, 0.2) is 6.61 Å². The molecule has 0 atom stereocenters. The zero-order valence-corrected chi connectivity index (χ0v) is 16.2. The van der Waals surface area contributed by atoms with Gasteiger partial charge in [-0.1, -0.05) is 30.9 Å². The van der Waals surface area contributed by atoms with Crippen LogP contribution in [0.15, 0.2) is 24.3 Å². The Balaban J connectivity index is 1.54. The molecule has 148 valence electrons. The van der Waals surface area contributed by atoms with Gasteiger partial charge in [0, 0.05) is 11.4 Å². The highest BCUT2D eigenvalue weighted by atomic mass is 16.5. The first kappa shape index (κ1) is 19.8. The fourth-order valence-electron chi connectivity index (χ4n) is 3.44. The molecular formula is C21H25N3O4. The molecule has 0 radical (unpaired) electrons. The second-order valence-electron chi connectivity index (χ2n) is 7.25. The van der Waals surface area contributed by atoms with Gasteiger partial charge < -0.3 is 10.1 Å². The average Bonchev–Trinajstić information content (AvgIpc) is 2.66. The van der Waals surface area contributed by atoms with E-state index in [4.69, 9.17) is 4.74 Å². The number of aromatic nitrogens is 1. The van der Waals surface area contributed by atoms with Crippen molar-refractivity contribution in [2.75, 3.05) is 6.61 Å². The van der Waals surface area contributed by atoms with Crippen LogP contribution >= 0.6 is 0 Å². The highest BCUT2D eigenvalue weighted by Gasteiger charge is 2.19. The zero-order chi connectivity index (χ0) is 20.1. The standard InChI is InChI=1S/C21H25N3O4/c1-13-8-9-18-15(10-13)11-17(14(2)22-18)20(26)28-12-19(25)24-21(27)23-16-6-4-3-5-7-16/h8-11,16H,3-7,12H2,1-2H3,(H2,23,24,25,27). The number of hydrogen-bond acceptors (Lipinski definition) is 5. The van der Waals surface area contributed by atoms with Crippen LogP contribution in [0.5, 0.6) is 0 Å². The summed E-state index contributed by atoms with van der Waals surface area (Å²) in [4.78, 5) is 40.6. The number of carbonyl (C=O) groups is 3. The predicted molar refractivity (Wildman–Crippen MR) is 105 cm³/mol. The van der Waals surface area contributed by atoms with Crippen LogP contribution in [0.1, 0.15) is 53.7 Å². The summed E-state index contributed by atoms with van der Waals surface area (Å²) in [5.41, 5.74) is 2.67. The number of rotatable bonds is 4. The number of nitrogens with zero attached hydrogens (tertiary/aromatic N) is 1. The minimum Gasteiger partial charge on any atom is -0.452 e. The fourth-order valence-corrected chi connectivity index (χ4v) is 3.44. The summed E-state index contributed by atoms with van der Waals surface area (Å²) in [6.45, 7) is 3.15. The summed E-state index contributed by atoms with van der Waals surface area (Å²) < 4.78 is 5.07. The third-order valence-electron chi connectivity index (χ3n) is 4.91. The number of hydrogen-bond donors (Lipinski definition) is 2. The first-order chi connectivity index (χ1) is 13.4. The normalized spacial score (nSPS) is 14.5. The van der Waals surface area contributed by atoms with E-state index < -0.39 is 24.5 Å². The largest absolute Gasteiger partial charge is 0.452 e. The van der Waals surface area contributed by atoms with Crippen molar-refractivity contribution in [3.63, 3.8) is 0 Å². The predicted octanol–water partition coefficient (Wildman–Crippen LogP) is 3.17. The Kier molecular flexibility index (Phi) is 6.23. The molecule has 1 fully saturated rings. The van der Waals surface area contributed by atoms with E-state index in [1.807, 2.05) is 25.1 Å². The minimum atomic E-state index is -0.663. The Morgan fingerprint density at radius 2 is 1.86 bits per heavy atom. The van der Waals surface area contributed by atoms with E-state index in [0.29, 0.717) is 11.3 Å². The Bertz CT molecular complexity index is 904. The number of benzene rings is 1. The van der Waals surface area contributed by atoms with Crippen molar-refractivity contribution < 1.29 is 19.1 Å². The molecule has 7 nitrogen and oxygen atoms in total. The lowest BCUT2D eigenvalue weighted by atomic mass is 9.96. The summed E-state index contributed by atoms with van der Waals surface area (Å²) in [6.07, 6.45) is 5.18. The van der Waals surface area contributed by atoms with E-state index in [-0.39, 0.29) is 6.04 Å². The van der Waals surface area contributed by atoms with Gasteiger partial charge in [0.1, 0.15) is 0 Å². The number of carbonyl (C=O) groups excluding carboxylic acids is 3. The fraction of sp³-hybridized carbons (Fsp3) is 0.429. The molecule has 0 bridgehead atoms. The molecule has 1 aromatic carbocycles. The molecule has 2 aromatic rings. The van der Waals surface area contributed by atoms with Gasteiger partial charge in [-0.3, -0.25) is 15.1 Å². The quantitative estimate of drug-likeness (QED) is 0.791. The molecule has 7 heteroatoms. The lowest BCUT2D eigenvalue weighted by molar-refractivity contribution is -0.123. The van der Waals surface area contributed by atoms with E-state index in [1.165, 1.54) is 6.42 Å². The summed E-state index contributed by atoms with van der Waals surface area (Å²) in [7, 11) is 0. The molecule has 1 aliphatic carbocycles. The van der Waals surface area contributed by atoms with Gasteiger partial charge in [0.25, 0.3) is 5.91 Å². The number of ether oxygens (including phenoxy) is 1. The van der Waals surface area contributed by atoms with Crippen LogP contribution in [-0.2, 0) is 9.53 Å². The van der Waals surface area contributed by atoms with Crippen LogP contribution in [0.2, 0.25) is 0 Å². The summed E-state index contributed by atoms with van der Waals surface area (Å²) in [5.74, 6) is -1.31. The SMILES string of the molecule is Cc1ccc2nc(C)c(C(=O)OCC(=O)NC(=O)NC3CCCCC3)cc2c1. The molecule has 3 rings (SSSR count). The second kappa shape index (κ2) is 8.82. The molecule has 0 unspecified atom stereocenters. The second-order valence-corrected chi connectivity index (χ2v) is 7.25. The molecule has 0 spiro atoms. The minimum absolute atomic E-state index is 0.0962. The first-order valence-corrected chi connectivity index (χ1v) is 9.58. The number of aryl methyl sites for hydroxylation is 2. The lowest BCUT2D eigenvalue weighted by Gasteiger charge is -2.22. The van der Waals surface area contributed by atoms with Gasteiger partial charge in [-0.2, -0.15) is 0 Å². The van der Waals surface area contributed by atoms with E-state index >= 15 is 0 Å². The van der Waals surface area contributed by atoms with Crippen molar-refractivity contribution in [1.29, 1.82) is 0 Å². The third kappa shape index (κ3) is 5.06. The summed E-state index contributed by atoms with van der Waals surface area (Å²) >= 11 is 0. The maximum atomic E-state index is 12.4. The highest BCUT2D eigenvalue weighted by molar-refractivity contribution is 5.98. The van der Waals surface area contributed by atoms with E-state index in [9.17, 15) is 14.4 Å². The molecule has 0 aliphatic heterocycles. The smallest absolute Gasteiger partial charge is 0.340 e. The van der Waals surface area contributed by atoms with Gasteiger partial charge in [-0.15, -0.1) is 0 Å². The maximum absolute atomic E-state index is 12.4. The number of urea groups is 1. The number of fused-ring (bicyclic) bond motifs is 1. The summed E-state index contributed by atoms with van der Waals surface area (Å²) in [5, 5.41) is 5.81. The van der Waals surface area contributed by atoms with Gasteiger partial charge in [-0.25, -0.2) is 9.59 Å². The van der Waals surface area contributed by atoms with Crippen molar-refractivity contribution >= 4 is 28.8 Å². The Labute approximate surface area is 163 Å².